The molecule has 0 fully saturated rings. The van der Waals surface area contributed by atoms with Gasteiger partial charge in [0, 0.05) is 47.6 Å². The van der Waals surface area contributed by atoms with Crippen molar-refractivity contribution in [1.29, 1.82) is 0 Å². The normalized spacial score (nSPS) is 11.9. The highest BCUT2D eigenvalue weighted by molar-refractivity contribution is 7.28. The van der Waals surface area contributed by atoms with Gasteiger partial charge in [-0.3, -0.25) is 0 Å². The molecule has 0 bridgehead atoms. The van der Waals surface area contributed by atoms with Gasteiger partial charge >= 0.3 is 0 Å². The van der Waals surface area contributed by atoms with Crippen LogP contribution in [0.5, 0.6) is 0 Å². The highest BCUT2D eigenvalue weighted by Gasteiger charge is 2.24. The lowest BCUT2D eigenvalue weighted by Crippen LogP contribution is -2.01. The minimum atomic E-state index is 0.642. The predicted molar refractivity (Wildman–Crippen MR) is 242 cm³/mol. The van der Waals surface area contributed by atoms with Gasteiger partial charge in [0.1, 0.15) is 0 Å². The van der Waals surface area contributed by atoms with Crippen LogP contribution in [0.25, 0.3) is 113 Å². The van der Waals surface area contributed by atoms with Gasteiger partial charge in [-0.05, 0) is 52.2 Å². The summed E-state index contributed by atoms with van der Waals surface area (Å²) in [6.45, 7) is 0. The van der Waals surface area contributed by atoms with Crippen LogP contribution in [-0.4, -0.2) is 19.5 Å². The smallest absolute Gasteiger partial charge is 0.164 e. The number of nitrogens with zero attached hydrogens (tertiary/aromatic N) is 4. The van der Waals surface area contributed by atoms with E-state index in [9.17, 15) is 0 Å². The summed E-state index contributed by atoms with van der Waals surface area (Å²) in [6.07, 6.45) is 0. The zero-order chi connectivity index (χ0) is 37.5. The molecule has 0 aliphatic carbocycles. The third-order valence-corrected chi connectivity index (χ3v) is 13.5. The second kappa shape index (κ2) is 12.8. The quantitative estimate of drug-likeness (QED) is 0.175. The maximum Gasteiger partial charge on any atom is 0.164 e. The Bertz CT molecular complexity index is 3530. The first-order chi connectivity index (χ1) is 28.3. The minimum Gasteiger partial charge on any atom is -0.306 e. The molecule has 6 heteroatoms. The fourth-order valence-electron chi connectivity index (χ4n) is 8.44. The predicted octanol–water partition coefficient (Wildman–Crippen LogP) is 14.4. The summed E-state index contributed by atoms with van der Waals surface area (Å²) >= 11 is 3.74. The molecule has 0 aliphatic heterocycles. The Morgan fingerprint density at radius 3 is 1.88 bits per heavy atom. The second-order valence-electron chi connectivity index (χ2n) is 14.3. The Labute approximate surface area is 335 Å². The zero-order valence-electron chi connectivity index (χ0n) is 30.4. The van der Waals surface area contributed by atoms with Gasteiger partial charge in [0.25, 0.3) is 0 Å². The molecule has 266 valence electrons. The Kier molecular flexibility index (Phi) is 7.24. The second-order valence-corrected chi connectivity index (χ2v) is 16.4. The fraction of sp³-hybridized carbons (Fsp3) is 0. The minimum absolute atomic E-state index is 0.642. The van der Waals surface area contributed by atoms with E-state index in [0.717, 1.165) is 38.9 Å². The van der Waals surface area contributed by atoms with Crippen molar-refractivity contribution in [2.24, 2.45) is 0 Å². The lowest BCUT2D eigenvalue weighted by molar-refractivity contribution is 1.08. The van der Waals surface area contributed by atoms with Crippen molar-refractivity contribution in [3.8, 4) is 51.0 Å². The maximum atomic E-state index is 5.30. The number of hydrogen-bond acceptors (Lipinski definition) is 5. The lowest BCUT2D eigenvalue weighted by atomic mass is 10.0. The topological polar surface area (TPSA) is 43.6 Å². The molecule has 12 rings (SSSR count). The molecule has 4 heterocycles. The molecule has 0 aliphatic rings. The highest BCUT2D eigenvalue weighted by Crippen LogP contribution is 2.48. The van der Waals surface area contributed by atoms with E-state index in [1.165, 1.54) is 56.8 Å². The molecule has 0 saturated heterocycles. The molecule has 0 unspecified atom stereocenters. The van der Waals surface area contributed by atoms with Crippen molar-refractivity contribution in [2.75, 3.05) is 0 Å². The van der Waals surface area contributed by atoms with E-state index in [1.54, 1.807) is 0 Å². The molecule has 8 aromatic carbocycles. The molecule has 4 nitrogen and oxygen atoms in total. The van der Waals surface area contributed by atoms with E-state index in [2.05, 4.69) is 162 Å². The standard InChI is InChI=1S/C51H30N4S2/c1-3-14-31(15-4-1)34-19-13-20-35(30-34)50-52-49(33-17-5-2-6-18-33)53-51(54-50)39-28-29-42(48-44(39)38-23-10-12-25-43(38)56-48)55-41-24-11-9-22-37(41)47-45(55)40-27-26-32-16-7-8-21-36(32)46(40)57-47/h1-30H. The van der Waals surface area contributed by atoms with Crippen LogP contribution in [0.2, 0.25) is 0 Å². The van der Waals surface area contributed by atoms with Crippen LogP contribution in [0.4, 0.5) is 0 Å². The van der Waals surface area contributed by atoms with Gasteiger partial charge < -0.3 is 4.57 Å². The van der Waals surface area contributed by atoms with Gasteiger partial charge in [0.05, 0.1) is 26.1 Å². The molecule has 57 heavy (non-hydrogen) atoms. The van der Waals surface area contributed by atoms with E-state index in [-0.39, 0.29) is 0 Å². The molecule has 0 radical (unpaired) electrons. The first kappa shape index (κ1) is 32.3. The number of benzene rings is 8. The van der Waals surface area contributed by atoms with Crippen molar-refractivity contribution in [3.63, 3.8) is 0 Å². The Hall–Kier alpha value is -6.99. The van der Waals surface area contributed by atoms with Crippen LogP contribution < -0.4 is 0 Å². The number of fused-ring (bicyclic) bond motifs is 10. The summed E-state index contributed by atoms with van der Waals surface area (Å²) in [5.41, 5.74) is 8.75. The molecule has 0 spiro atoms. The first-order valence-electron chi connectivity index (χ1n) is 19.0. The monoisotopic (exact) mass is 762 g/mol. The molecular formula is C51H30N4S2. The number of hydrogen-bond donors (Lipinski definition) is 0. The third-order valence-electron chi connectivity index (χ3n) is 11.0. The van der Waals surface area contributed by atoms with Crippen molar-refractivity contribution in [2.45, 2.75) is 0 Å². The van der Waals surface area contributed by atoms with E-state index in [1.807, 2.05) is 46.9 Å². The summed E-state index contributed by atoms with van der Waals surface area (Å²) < 4.78 is 7.56. The Morgan fingerprint density at radius 2 is 1.04 bits per heavy atom. The van der Waals surface area contributed by atoms with Gasteiger partial charge in [-0.2, -0.15) is 0 Å². The summed E-state index contributed by atoms with van der Waals surface area (Å²) in [7, 11) is 0. The van der Waals surface area contributed by atoms with Crippen molar-refractivity contribution < 1.29 is 0 Å². The summed E-state index contributed by atoms with van der Waals surface area (Å²) in [6, 6.07) is 64.6. The number of rotatable bonds is 5. The molecule has 0 atom stereocenters. The molecule has 0 saturated carbocycles. The number of thiophene rings is 2. The van der Waals surface area contributed by atoms with Crippen LogP contribution in [0.1, 0.15) is 0 Å². The average molecular weight is 763 g/mol. The summed E-state index contributed by atoms with van der Waals surface area (Å²) in [5, 5.41) is 7.44. The third kappa shape index (κ3) is 5.08. The molecule has 0 N–H and O–H groups in total. The van der Waals surface area contributed by atoms with Crippen LogP contribution in [0, 0.1) is 0 Å². The van der Waals surface area contributed by atoms with Crippen LogP contribution in [-0.2, 0) is 0 Å². The van der Waals surface area contributed by atoms with E-state index in [0.29, 0.717) is 17.5 Å². The molecular weight excluding hydrogens is 733 g/mol. The number of para-hydroxylation sites is 1. The first-order valence-corrected chi connectivity index (χ1v) is 20.7. The average Bonchev–Trinajstić information content (AvgIpc) is 3.96. The van der Waals surface area contributed by atoms with E-state index < -0.39 is 0 Å². The van der Waals surface area contributed by atoms with Gasteiger partial charge in [0.2, 0.25) is 0 Å². The lowest BCUT2D eigenvalue weighted by Gasteiger charge is -2.14. The molecule has 4 aromatic heterocycles. The highest BCUT2D eigenvalue weighted by atomic mass is 32.1. The number of aromatic nitrogens is 4. The van der Waals surface area contributed by atoms with Crippen molar-refractivity contribution in [3.05, 3.63) is 182 Å². The van der Waals surface area contributed by atoms with E-state index >= 15 is 0 Å². The van der Waals surface area contributed by atoms with Crippen molar-refractivity contribution in [1.82, 2.24) is 19.5 Å². The summed E-state index contributed by atoms with van der Waals surface area (Å²) in [5.74, 6) is 1.94. The zero-order valence-corrected chi connectivity index (χ0v) is 32.1. The summed E-state index contributed by atoms with van der Waals surface area (Å²) in [4.78, 5) is 15.7. The SMILES string of the molecule is c1ccc(-c2cccc(-c3nc(-c4ccccc4)nc(-c4ccc(-n5c6ccccc6c6sc7c8ccccc8ccc7c65)c5sc6ccccc6c45)n3)c2)cc1. The van der Waals surface area contributed by atoms with Crippen LogP contribution in [0.15, 0.2) is 182 Å². The Balaban J connectivity index is 1.14. The molecule has 0 amide bonds. The van der Waals surface area contributed by atoms with E-state index in [4.69, 9.17) is 15.0 Å². The largest absolute Gasteiger partial charge is 0.306 e. The maximum absolute atomic E-state index is 5.30. The van der Waals surface area contributed by atoms with Crippen LogP contribution in [0.3, 0.4) is 0 Å². The van der Waals surface area contributed by atoms with Crippen LogP contribution >= 0.6 is 22.7 Å². The Morgan fingerprint density at radius 1 is 0.386 bits per heavy atom. The van der Waals surface area contributed by atoms with Gasteiger partial charge in [0.15, 0.2) is 17.5 Å². The fourth-order valence-corrected chi connectivity index (χ4v) is 11.0. The van der Waals surface area contributed by atoms with Gasteiger partial charge in [-0.25, -0.2) is 15.0 Å². The van der Waals surface area contributed by atoms with Crippen molar-refractivity contribution >= 4 is 84.8 Å². The van der Waals surface area contributed by atoms with Gasteiger partial charge in [-0.1, -0.05) is 152 Å². The molecule has 12 aromatic rings. The van der Waals surface area contributed by atoms with Gasteiger partial charge in [-0.15, -0.1) is 22.7 Å².